The van der Waals surface area contributed by atoms with Crippen molar-refractivity contribution in [1.29, 1.82) is 0 Å². The van der Waals surface area contributed by atoms with Gasteiger partial charge in [-0.25, -0.2) is 13.6 Å². The van der Waals surface area contributed by atoms with E-state index in [1.807, 2.05) is 17.9 Å². The number of methoxy groups -OCH3 is 1. The van der Waals surface area contributed by atoms with Crippen molar-refractivity contribution in [2.45, 2.75) is 75.7 Å². The van der Waals surface area contributed by atoms with Crippen LogP contribution in [-0.2, 0) is 38.3 Å². The molecule has 2 aromatic carbocycles. The van der Waals surface area contributed by atoms with Crippen LogP contribution in [0.2, 0.25) is 0 Å². The SMILES string of the molecule is COC(=O)C1=CC[C@@H](C(=O)N2CCC3(Cc4cccc(F)c4)c4ccc(C(C)(F)C(F)(F)F)cc4CCC23)[C@@H](C)C1. The number of carbonyl (C=O) groups excluding carboxylic acids is 2. The zero-order valence-corrected chi connectivity index (χ0v) is 23.4. The molecule has 3 unspecified atom stereocenters. The van der Waals surface area contributed by atoms with E-state index < -0.39 is 34.6 Å². The average molecular weight is 576 g/mol. The van der Waals surface area contributed by atoms with Crippen molar-refractivity contribution in [2.24, 2.45) is 11.8 Å². The number of benzene rings is 2. The minimum Gasteiger partial charge on any atom is -0.466 e. The predicted octanol–water partition coefficient (Wildman–Crippen LogP) is 6.75. The Morgan fingerprint density at radius 1 is 1.12 bits per heavy atom. The van der Waals surface area contributed by atoms with E-state index in [0.717, 1.165) is 11.1 Å². The number of alkyl halides is 4. The van der Waals surface area contributed by atoms with E-state index >= 15 is 0 Å². The van der Waals surface area contributed by atoms with Crippen LogP contribution in [0.4, 0.5) is 22.0 Å². The smallest absolute Gasteiger partial charge is 0.426 e. The first-order chi connectivity index (χ1) is 19.3. The van der Waals surface area contributed by atoms with Gasteiger partial charge in [0.25, 0.3) is 0 Å². The second-order valence-corrected chi connectivity index (χ2v) is 11.9. The van der Waals surface area contributed by atoms with Gasteiger partial charge in [-0.2, -0.15) is 13.2 Å². The molecule has 0 N–H and O–H groups in total. The lowest BCUT2D eigenvalue weighted by molar-refractivity contribution is -0.228. The van der Waals surface area contributed by atoms with Gasteiger partial charge >= 0.3 is 12.1 Å². The fraction of sp³-hybridized carbons (Fsp3) is 0.500. The number of likely N-dealkylation sites (tertiary alicyclic amines) is 1. The molecule has 1 aliphatic heterocycles. The molecule has 1 fully saturated rings. The quantitative estimate of drug-likeness (QED) is 0.293. The summed E-state index contributed by atoms with van der Waals surface area (Å²) < 4.78 is 74.5. The second kappa shape index (κ2) is 10.6. The number of amides is 1. The number of fused-ring (bicyclic) bond motifs is 3. The summed E-state index contributed by atoms with van der Waals surface area (Å²) in [5.41, 5.74) is -1.89. The first-order valence-electron chi connectivity index (χ1n) is 14.0. The van der Waals surface area contributed by atoms with E-state index in [2.05, 4.69) is 0 Å². The summed E-state index contributed by atoms with van der Waals surface area (Å²) in [7, 11) is 1.33. The molecule has 0 bridgehead atoms. The molecule has 1 amide bonds. The number of allylic oxidation sites excluding steroid dienone is 1. The molecule has 1 heterocycles. The summed E-state index contributed by atoms with van der Waals surface area (Å²) in [6.07, 6.45) is -0.614. The standard InChI is InChI=1S/C32H34F5NO3/c1-19-15-22(29(40)41-3)7-10-25(19)28(39)38-14-13-31(18-20-5-4-6-24(33)16-20)26-11-9-23(30(2,34)32(35,36)37)17-21(26)8-12-27(31)38/h4-7,9,11,16-17,19,25,27H,8,10,12-15,18H2,1-3H3/t19-,25+,27?,30?,31?/m0/s1. The third-order valence-corrected chi connectivity index (χ3v) is 9.52. The minimum absolute atomic E-state index is 0.0164. The predicted molar refractivity (Wildman–Crippen MR) is 143 cm³/mol. The summed E-state index contributed by atoms with van der Waals surface area (Å²) in [4.78, 5) is 27.9. The highest BCUT2D eigenvalue weighted by molar-refractivity contribution is 5.89. The van der Waals surface area contributed by atoms with Crippen LogP contribution in [0.15, 0.2) is 54.1 Å². The monoisotopic (exact) mass is 575 g/mol. The van der Waals surface area contributed by atoms with Crippen LogP contribution >= 0.6 is 0 Å². The van der Waals surface area contributed by atoms with Crippen LogP contribution in [0.3, 0.4) is 0 Å². The van der Waals surface area contributed by atoms with Gasteiger partial charge in [0.2, 0.25) is 11.6 Å². The largest absolute Gasteiger partial charge is 0.466 e. The third kappa shape index (κ3) is 5.06. The van der Waals surface area contributed by atoms with Crippen molar-refractivity contribution >= 4 is 11.9 Å². The molecule has 220 valence electrons. The topological polar surface area (TPSA) is 46.6 Å². The van der Waals surface area contributed by atoms with Crippen molar-refractivity contribution < 1.29 is 36.3 Å². The maximum Gasteiger partial charge on any atom is 0.426 e. The van der Waals surface area contributed by atoms with Gasteiger partial charge in [-0.15, -0.1) is 0 Å². The lowest BCUT2D eigenvalue weighted by atomic mass is 9.63. The van der Waals surface area contributed by atoms with Crippen molar-refractivity contribution in [3.05, 3.63) is 82.2 Å². The van der Waals surface area contributed by atoms with Gasteiger partial charge < -0.3 is 9.64 Å². The van der Waals surface area contributed by atoms with E-state index in [1.54, 1.807) is 18.2 Å². The van der Waals surface area contributed by atoms with Crippen LogP contribution in [-0.4, -0.2) is 42.6 Å². The zero-order valence-electron chi connectivity index (χ0n) is 23.4. The van der Waals surface area contributed by atoms with E-state index in [9.17, 15) is 31.5 Å². The van der Waals surface area contributed by atoms with E-state index in [4.69, 9.17) is 4.74 Å². The number of carbonyl (C=O) groups is 2. The lowest BCUT2D eigenvalue weighted by Crippen LogP contribution is -2.51. The maximum atomic E-state index is 14.9. The fourth-order valence-electron chi connectivity index (χ4n) is 7.23. The van der Waals surface area contributed by atoms with Gasteiger partial charge in [-0.05, 0) is 85.8 Å². The molecule has 4 nitrogen and oxygen atoms in total. The average Bonchev–Trinajstić information content (AvgIpc) is 3.30. The Hall–Kier alpha value is -3.23. The van der Waals surface area contributed by atoms with Crippen LogP contribution in [0.5, 0.6) is 0 Å². The Morgan fingerprint density at radius 3 is 2.54 bits per heavy atom. The molecule has 0 aromatic heterocycles. The van der Waals surface area contributed by atoms with Gasteiger partial charge in [-0.3, -0.25) is 4.79 Å². The Labute approximate surface area is 236 Å². The molecule has 5 rings (SSSR count). The molecule has 0 radical (unpaired) electrons. The maximum absolute atomic E-state index is 14.9. The molecular formula is C32H34F5NO3. The molecular weight excluding hydrogens is 541 g/mol. The van der Waals surface area contributed by atoms with Crippen molar-refractivity contribution in [3.8, 4) is 0 Å². The van der Waals surface area contributed by atoms with Crippen LogP contribution in [0, 0.1) is 17.7 Å². The normalized spacial score (nSPS) is 27.4. The summed E-state index contributed by atoms with van der Waals surface area (Å²) >= 11 is 0. The van der Waals surface area contributed by atoms with E-state index in [0.29, 0.717) is 63.1 Å². The first-order valence-corrected chi connectivity index (χ1v) is 14.0. The number of aryl methyl sites for hydroxylation is 1. The Balaban J connectivity index is 1.52. The minimum atomic E-state index is -5.06. The third-order valence-electron chi connectivity index (χ3n) is 9.52. The van der Waals surface area contributed by atoms with Crippen molar-refractivity contribution in [2.75, 3.05) is 13.7 Å². The van der Waals surface area contributed by atoms with Crippen LogP contribution in [0.25, 0.3) is 0 Å². The number of rotatable bonds is 5. The fourth-order valence-corrected chi connectivity index (χ4v) is 7.23. The Bertz CT molecular complexity index is 1380. The first kappa shape index (κ1) is 29.3. The Morgan fingerprint density at radius 2 is 1.88 bits per heavy atom. The van der Waals surface area contributed by atoms with Gasteiger partial charge in [0, 0.05) is 29.5 Å². The molecule has 5 atom stereocenters. The molecule has 0 saturated carbocycles. The molecule has 1 saturated heterocycles. The number of hydrogen-bond acceptors (Lipinski definition) is 3. The summed E-state index contributed by atoms with van der Waals surface area (Å²) in [6, 6.07) is 10.1. The summed E-state index contributed by atoms with van der Waals surface area (Å²) in [5, 5.41) is 0. The highest BCUT2D eigenvalue weighted by Gasteiger charge is 2.56. The van der Waals surface area contributed by atoms with Gasteiger partial charge in [-0.1, -0.05) is 43.3 Å². The Kier molecular flexibility index (Phi) is 7.53. The van der Waals surface area contributed by atoms with E-state index in [-0.39, 0.29) is 23.8 Å². The number of nitrogens with zero attached hydrogens (tertiary/aromatic N) is 1. The highest BCUT2D eigenvalue weighted by atomic mass is 19.4. The number of hydrogen-bond donors (Lipinski definition) is 0. The van der Waals surface area contributed by atoms with Gasteiger partial charge in [0.1, 0.15) is 5.82 Å². The molecule has 9 heteroatoms. The molecule has 0 spiro atoms. The van der Waals surface area contributed by atoms with Crippen molar-refractivity contribution in [1.82, 2.24) is 4.90 Å². The number of ether oxygens (including phenoxy) is 1. The van der Waals surface area contributed by atoms with Crippen molar-refractivity contribution in [3.63, 3.8) is 0 Å². The molecule has 3 aliphatic rings. The summed E-state index contributed by atoms with van der Waals surface area (Å²) in [5.74, 6) is -1.21. The van der Waals surface area contributed by atoms with Crippen LogP contribution in [0.1, 0.15) is 61.8 Å². The molecule has 41 heavy (non-hydrogen) atoms. The van der Waals surface area contributed by atoms with Gasteiger partial charge in [0.05, 0.1) is 7.11 Å². The zero-order chi connectivity index (χ0) is 29.7. The number of halogens is 5. The number of esters is 1. The van der Waals surface area contributed by atoms with Crippen LogP contribution < -0.4 is 0 Å². The molecule has 2 aromatic rings. The van der Waals surface area contributed by atoms with Gasteiger partial charge in [0.15, 0.2) is 0 Å². The molecule has 2 aliphatic carbocycles. The second-order valence-electron chi connectivity index (χ2n) is 11.9. The highest BCUT2D eigenvalue weighted by Crippen LogP contribution is 2.51. The van der Waals surface area contributed by atoms with E-state index in [1.165, 1.54) is 31.4 Å². The lowest BCUT2D eigenvalue weighted by Gasteiger charge is -2.45. The summed E-state index contributed by atoms with van der Waals surface area (Å²) in [6.45, 7) is 2.92.